The van der Waals surface area contributed by atoms with Crippen molar-refractivity contribution in [3.8, 4) is 0 Å². The summed E-state index contributed by atoms with van der Waals surface area (Å²) in [6.45, 7) is 5.20. The molecular weight excluding hydrogens is 336 g/mol. The summed E-state index contributed by atoms with van der Waals surface area (Å²) in [5.74, 6) is -0.0358. The second kappa shape index (κ2) is 6.88. The van der Waals surface area contributed by atoms with Gasteiger partial charge in [-0.25, -0.2) is 8.42 Å². The molecule has 1 aliphatic heterocycles. The van der Waals surface area contributed by atoms with E-state index in [0.717, 1.165) is 31.5 Å². The van der Waals surface area contributed by atoms with Crippen molar-refractivity contribution in [2.45, 2.75) is 31.6 Å². The van der Waals surface area contributed by atoms with Crippen molar-refractivity contribution in [3.05, 3.63) is 59.2 Å². The van der Waals surface area contributed by atoms with Gasteiger partial charge in [-0.2, -0.15) is 0 Å². The van der Waals surface area contributed by atoms with Crippen molar-refractivity contribution in [1.82, 2.24) is 4.90 Å². The highest BCUT2D eigenvalue weighted by atomic mass is 32.2. The van der Waals surface area contributed by atoms with E-state index in [2.05, 4.69) is 4.72 Å². The van der Waals surface area contributed by atoms with Gasteiger partial charge < -0.3 is 4.90 Å². The summed E-state index contributed by atoms with van der Waals surface area (Å²) in [6, 6.07) is 11.8. The lowest BCUT2D eigenvalue weighted by Crippen LogP contribution is -2.28. The zero-order chi connectivity index (χ0) is 18.0. The number of likely N-dealkylation sites (tertiary alicyclic amines) is 1. The number of nitrogens with one attached hydrogen (secondary N) is 1. The van der Waals surface area contributed by atoms with Crippen LogP contribution in [0.15, 0.2) is 47.4 Å². The highest BCUT2D eigenvalue weighted by Crippen LogP contribution is 2.24. The SMILES string of the molecule is Cc1ccc(S(=O)(=O)Nc2cccc(C(=O)N3CCCC3)c2C)cc1. The van der Waals surface area contributed by atoms with E-state index >= 15 is 0 Å². The molecule has 1 saturated heterocycles. The summed E-state index contributed by atoms with van der Waals surface area (Å²) in [6.07, 6.45) is 2.04. The maximum absolute atomic E-state index is 12.6. The van der Waals surface area contributed by atoms with Crippen LogP contribution >= 0.6 is 0 Å². The highest BCUT2D eigenvalue weighted by Gasteiger charge is 2.23. The Morgan fingerprint density at radius 1 is 1.00 bits per heavy atom. The van der Waals surface area contributed by atoms with Crippen molar-refractivity contribution < 1.29 is 13.2 Å². The van der Waals surface area contributed by atoms with Crippen molar-refractivity contribution in [2.24, 2.45) is 0 Å². The third kappa shape index (κ3) is 3.69. The van der Waals surface area contributed by atoms with Gasteiger partial charge in [-0.1, -0.05) is 23.8 Å². The van der Waals surface area contributed by atoms with E-state index in [9.17, 15) is 13.2 Å². The molecule has 1 heterocycles. The summed E-state index contributed by atoms with van der Waals surface area (Å²) < 4.78 is 27.8. The third-order valence-electron chi connectivity index (χ3n) is 4.53. The zero-order valence-electron chi connectivity index (χ0n) is 14.5. The third-order valence-corrected chi connectivity index (χ3v) is 5.91. The van der Waals surface area contributed by atoms with Gasteiger partial charge in [-0.15, -0.1) is 0 Å². The van der Waals surface area contributed by atoms with E-state index in [1.807, 2.05) is 11.8 Å². The largest absolute Gasteiger partial charge is 0.339 e. The van der Waals surface area contributed by atoms with Gasteiger partial charge in [0.05, 0.1) is 10.6 Å². The number of nitrogens with zero attached hydrogens (tertiary/aromatic N) is 1. The van der Waals surface area contributed by atoms with Gasteiger partial charge in [0.25, 0.3) is 15.9 Å². The molecule has 5 nitrogen and oxygen atoms in total. The zero-order valence-corrected chi connectivity index (χ0v) is 15.3. The lowest BCUT2D eigenvalue weighted by atomic mass is 10.1. The standard InChI is InChI=1S/C19H22N2O3S/c1-14-8-10-16(11-9-14)25(23,24)20-18-7-5-6-17(15(18)2)19(22)21-12-3-4-13-21/h5-11,20H,3-4,12-13H2,1-2H3. The molecule has 0 bridgehead atoms. The van der Waals surface area contributed by atoms with Crippen molar-refractivity contribution >= 4 is 21.6 Å². The number of aryl methyl sites for hydroxylation is 1. The Kier molecular flexibility index (Phi) is 4.81. The minimum Gasteiger partial charge on any atom is -0.339 e. The molecule has 1 amide bonds. The van der Waals surface area contributed by atoms with Gasteiger partial charge in [0, 0.05) is 18.7 Å². The number of rotatable bonds is 4. The molecule has 0 unspecified atom stereocenters. The van der Waals surface area contributed by atoms with Crippen LogP contribution in [0.5, 0.6) is 0 Å². The first-order valence-corrected chi connectivity index (χ1v) is 9.85. The van der Waals surface area contributed by atoms with Crippen LogP contribution in [0, 0.1) is 13.8 Å². The fourth-order valence-corrected chi connectivity index (χ4v) is 4.11. The van der Waals surface area contributed by atoms with Crippen molar-refractivity contribution in [3.63, 3.8) is 0 Å². The first kappa shape index (κ1) is 17.5. The predicted octanol–water partition coefficient (Wildman–Crippen LogP) is 3.34. The minimum absolute atomic E-state index is 0.0358. The minimum atomic E-state index is -3.69. The summed E-state index contributed by atoms with van der Waals surface area (Å²) in [7, 11) is -3.69. The molecule has 0 saturated carbocycles. The molecule has 3 rings (SSSR count). The number of anilines is 1. The molecular formula is C19H22N2O3S. The Hall–Kier alpha value is -2.34. The van der Waals surface area contributed by atoms with Gasteiger partial charge in [0.2, 0.25) is 0 Å². The molecule has 6 heteroatoms. The number of hydrogen-bond acceptors (Lipinski definition) is 3. The Bertz CT molecular complexity index is 883. The number of hydrogen-bond donors (Lipinski definition) is 1. The maximum atomic E-state index is 12.6. The van der Waals surface area contributed by atoms with Crippen LogP contribution in [0.2, 0.25) is 0 Å². The molecule has 0 aromatic heterocycles. The van der Waals surface area contributed by atoms with Crippen LogP contribution in [-0.4, -0.2) is 32.3 Å². The normalized spacial score (nSPS) is 14.6. The second-order valence-corrected chi connectivity index (χ2v) is 8.08. The molecule has 0 aliphatic carbocycles. The average molecular weight is 358 g/mol. The van der Waals surface area contributed by atoms with Crippen LogP contribution < -0.4 is 4.72 Å². The summed E-state index contributed by atoms with van der Waals surface area (Å²) in [4.78, 5) is 14.7. The van der Waals surface area contributed by atoms with Crippen LogP contribution in [-0.2, 0) is 10.0 Å². The summed E-state index contributed by atoms with van der Waals surface area (Å²) in [5, 5.41) is 0. The number of benzene rings is 2. The molecule has 25 heavy (non-hydrogen) atoms. The van der Waals surface area contributed by atoms with Crippen molar-refractivity contribution in [1.29, 1.82) is 0 Å². The lowest BCUT2D eigenvalue weighted by Gasteiger charge is -2.18. The number of carbonyl (C=O) groups excluding carboxylic acids is 1. The maximum Gasteiger partial charge on any atom is 0.261 e. The van der Waals surface area contributed by atoms with E-state index in [-0.39, 0.29) is 10.8 Å². The topological polar surface area (TPSA) is 66.5 Å². The first-order valence-electron chi connectivity index (χ1n) is 8.37. The molecule has 1 fully saturated rings. The fraction of sp³-hybridized carbons (Fsp3) is 0.316. The molecule has 0 atom stereocenters. The van der Waals surface area contributed by atoms with Gasteiger partial charge in [-0.3, -0.25) is 9.52 Å². The number of carbonyl (C=O) groups is 1. The second-order valence-electron chi connectivity index (χ2n) is 6.40. The van der Waals surface area contributed by atoms with Gasteiger partial charge in [0.1, 0.15) is 0 Å². The smallest absolute Gasteiger partial charge is 0.261 e. The molecule has 2 aromatic carbocycles. The van der Waals surface area contributed by atoms with E-state index in [1.165, 1.54) is 0 Å². The fourth-order valence-electron chi connectivity index (χ4n) is 2.99. The predicted molar refractivity (Wildman–Crippen MR) is 98.3 cm³/mol. The Morgan fingerprint density at radius 3 is 2.28 bits per heavy atom. The molecule has 0 radical (unpaired) electrons. The van der Waals surface area contributed by atoms with Crippen LogP contribution in [0.1, 0.15) is 34.3 Å². The van der Waals surface area contributed by atoms with Gasteiger partial charge >= 0.3 is 0 Å². The summed E-state index contributed by atoms with van der Waals surface area (Å²) in [5.41, 5.74) is 2.63. The van der Waals surface area contributed by atoms with Crippen LogP contribution in [0.25, 0.3) is 0 Å². The Labute approximate surface area is 148 Å². The highest BCUT2D eigenvalue weighted by molar-refractivity contribution is 7.92. The van der Waals surface area contributed by atoms with Crippen LogP contribution in [0.3, 0.4) is 0 Å². The molecule has 1 N–H and O–H groups in total. The molecule has 132 valence electrons. The van der Waals surface area contributed by atoms with E-state index in [4.69, 9.17) is 0 Å². The molecule has 0 spiro atoms. The summed E-state index contributed by atoms with van der Waals surface area (Å²) >= 11 is 0. The quantitative estimate of drug-likeness (QED) is 0.911. The van der Waals surface area contributed by atoms with E-state index in [0.29, 0.717) is 16.8 Å². The Morgan fingerprint density at radius 2 is 1.64 bits per heavy atom. The monoisotopic (exact) mass is 358 g/mol. The molecule has 2 aromatic rings. The number of amides is 1. The number of sulfonamides is 1. The van der Waals surface area contributed by atoms with Crippen LogP contribution in [0.4, 0.5) is 5.69 Å². The van der Waals surface area contributed by atoms with Gasteiger partial charge in [-0.05, 0) is 56.5 Å². The van der Waals surface area contributed by atoms with E-state index in [1.54, 1.807) is 49.4 Å². The average Bonchev–Trinajstić information content (AvgIpc) is 3.11. The lowest BCUT2D eigenvalue weighted by molar-refractivity contribution is 0.0792. The van der Waals surface area contributed by atoms with Gasteiger partial charge in [0.15, 0.2) is 0 Å². The van der Waals surface area contributed by atoms with E-state index < -0.39 is 10.0 Å². The van der Waals surface area contributed by atoms with Crippen molar-refractivity contribution in [2.75, 3.05) is 17.8 Å². The molecule has 1 aliphatic rings. The first-order chi connectivity index (χ1) is 11.9. The Balaban J connectivity index is 1.89.